The normalized spacial score (nSPS) is 11.9. The van der Waals surface area contributed by atoms with Gasteiger partial charge < -0.3 is 40.8 Å². The van der Waals surface area contributed by atoms with Crippen LogP contribution in [-0.4, -0.2) is 76.5 Å². The fourth-order valence-corrected chi connectivity index (χ4v) is 5.88. The first-order chi connectivity index (χ1) is 26.7. The molecule has 1 heterocycles. The molecule has 0 saturated heterocycles. The van der Waals surface area contributed by atoms with Crippen LogP contribution in [0.25, 0.3) is 21.5 Å². The Morgan fingerprint density at radius 2 is 1.45 bits per heavy atom. The number of amides is 1. The number of aromatic nitrogens is 3. The molecule has 0 aliphatic heterocycles. The zero-order chi connectivity index (χ0) is 38.7. The molecule has 6 aromatic rings. The number of anilines is 5. The SMILES string of the molecule is O=C(Nc1ccc2c(O)c(/N=N/c3ccc4cc(OS(=O)O)ccc4c3)c(SOOO)cc2c1)c1ccc(Nc2nc(NCCO)nc(NCCO)n2)cc1. The van der Waals surface area contributed by atoms with Crippen LogP contribution in [0.3, 0.4) is 0 Å². The van der Waals surface area contributed by atoms with Gasteiger partial charge in [0.25, 0.3) is 5.91 Å². The summed E-state index contributed by atoms with van der Waals surface area (Å²) in [6.45, 7) is 0.183. The lowest BCUT2D eigenvalue weighted by Crippen LogP contribution is -2.15. The van der Waals surface area contributed by atoms with Crippen molar-refractivity contribution in [2.24, 2.45) is 10.2 Å². The molecule has 19 nitrogen and oxygen atoms in total. The molecule has 1 unspecified atom stereocenters. The molecule has 0 spiro atoms. The van der Waals surface area contributed by atoms with Crippen LogP contribution in [0, 0.1) is 0 Å². The van der Waals surface area contributed by atoms with E-state index in [1.165, 1.54) is 6.07 Å². The number of aliphatic hydroxyl groups is 2. The molecular weight excluding hydrogens is 759 g/mol. The maximum Gasteiger partial charge on any atom is 0.357 e. The Bertz CT molecular complexity index is 2350. The van der Waals surface area contributed by atoms with Crippen molar-refractivity contribution in [3.63, 3.8) is 0 Å². The first-order valence-electron chi connectivity index (χ1n) is 16.1. The van der Waals surface area contributed by atoms with Gasteiger partial charge in [-0.15, -0.1) is 9.45 Å². The standard InChI is InChI=1S/C34H31N9O10S2/c44-13-11-35-32-39-33(36-12-14-45)41-34(40-32)38-23-5-1-19(2-6-23)31(47)37-24-8-10-27-22(16-24)18-28(54-53-52-48)29(30(27)46)43-42-25-7-3-21-17-26(51-55(49)50)9-4-20(21)15-25/h1-10,15-18,44-46,48H,11-14H2,(H,37,47)(H,49,50)(H3,35,36,38,39,40,41)/b43-42+. The molecule has 284 valence electrons. The third kappa shape index (κ3) is 10.1. The van der Waals surface area contributed by atoms with Crippen LogP contribution < -0.4 is 25.5 Å². The molecule has 6 rings (SSSR count). The summed E-state index contributed by atoms with van der Waals surface area (Å²) < 4.78 is 29.4. The van der Waals surface area contributed by atoms with E-state index in [1.807, 2.05) is 0 Å². The summed E-state index contributed by atoms with van der Waals surface area (Å²) >= 11 is -1.89. The molecule has 55 heavy (non-hydrogen) atoms. The molecule has 21 heteroatoms. The summed E-state index contributed by atoms with van der Waals surface area (Å²) in [7, 11) is 0. The minimum absolute atomic E-state index is 0.0155. The Morgan fingerprint density at radius 3 is 2.15 bits per heavy atom. The van der Waals surface area contributed by atoms with Crippen LogP contribution in [0.5, 0.6) is 11.5 Å². The number of rotatable bonds is 17. The molecule has 1 atom stereocenters. The number of carbonyl (C=O) groups is 1. The van der Waals surface area contributed by atoms with E-state index in [9.17, 15) is 14.1 Å². The number of nitrogens with zero attached hydrogens (tertiary/aromatic N) is 5. The van der Waals surface area contributed by atoms with Crippen LogP contribution in [-0.2, 0) is 20.7 Å². The molecule has 9 N–H and O–H groups in total. The van der Waals surface area contributed by atoms with Crippen molar-refractivity contribution in [1.82, 2.24) is 15.0 Å². The summed E-state index contributed by atoms with van der Waals surface area (Å²) in [5.41, 5.74) is 1.76. The summed E-state index contributed by atoms with van der Waals surface area (Å²) in [5, 5.41) is 64.6. The van der Waals surface area contributed by atoms with Gasteiger partial charge in [0.05, 0.1) is 35.8 Å². The molecule has 0 fully saturated rings. The van der Waals surface area contributed by atoms with E-state index in [4.69, 9.17) is 24.2 Å². The highest BCUT2D eigenvalue weighted by Crippen LogP contribution is 2.44. The summed E-state index contributed by atoms with van der Waals surface area (Å²) in [6, 6.07) is 22.9. The largest absolute Gasteiger partial charge is 0.505 e. The number of phenolic OH excluding ortho intramolecular Hbond substituents is 1. The van der Waals surface area contributed by atoms with Gasteiger partial charge in [-0.1, -0.05) is 17.2 Å². The van der Waals surface area contributed by atoms with Crippen LogP contribution in [0.2, 0.25) is 0 Å². The van der Waals surface area contributed by atoms with Crippen LogP contribution in [0.4, 0.5) is 40.6 Å². The second-order valence-electron chi connectivity index (χ2n) is 11.2. The number of azo groups is 1. The Hall–Kier alpha value is -6.04. The second kappa shape index (κ2) is 18.3. The van der Waals surface area contributed by atoms with Crippen LogP contribution in [0.1, 0.15) is 10.4 Å². The van der Waals surface area contributed by atoms with Gasteiger partial charge in [0.15, 0.2) is 5.75 Å². The topological polar surface area (TPSA) is 274 Å². The highest BCUT2D eigenvalue weighted by Gasteiger charge is 2.17. The molecule has 5 aromatic carbocycles. The van der Waals surface area contributed by atoms with Gasteiger partial charge in [-0.2, -0.15) is 24.3 Å². The van der Waals surface area contributed by atoms with Crippen molar-refractivity contribution in [2.75, 3.05) is 47.6 Å². The fourth-order valence-electron chi connectivity index (χ4n) is 5.12. The third-order valence-electron chi connectivity index (χ3n) is 7.52. The Morgan fingerprint density at radius 1 is 0.782 bits per heavy atom. The zero-order valence-corrected chi connectivity index (χ0v) is 29.9. The van der Waals surface area contributed by atoms with Crippen molar-refractivity contribution >= 4 is 91.5 Å². The summed E-state index contributed by atoms with van der Waals surface area (Å²) in [4.78, 5) is 26.2. The lowest BCUT2D eigenvalue weighted by Gasteiger charge is -2.12. The van der Waals surface area contributed by atoms with Gasteiger partial charge in [-0.25, -0.2) is 5.26 Å². The van der Waals surface area contributed by atoms with Gasteiger partial charge in [0, 0.05) is 35.4 Å². The number of nitrogens with one attached hydrogen (secondary N) is 4. The van der Waals surface area contributed by atoms with Gasteiger partial charge in [-0.05, 0) is 89.0 Å². The number of hydrogen-bond acceptors (Lipinski definition) is 18. The molecule has 1 aromatic heterocycles. The quantitative estimate of drug-likeness (QED) is 0.0167. The molecule has 0 saturated carbocycles. The maximum absolute atomic E-state index is 13.2. The summed E-state index contributed by atoms with van der Waals surface area (Å²) in [5.74, 6) is 0.152. The summed E-state index contributed by atoms with van der Waals surface area (Å²) in [6.07, 6.45) is 0. The van der Waals surface area contributed by atoms with E-state index in [1.54, 1.807) is 78.9 Å². The smallest absolute Gasteiger partial charge is 0.357 e. The minimum Gasteiger partial charge on any atom is -0.505 e. The van der Waals surface area contributed by atoms with Crippen molar-refractivity contribution in [2.45, 2.75) is 4.90 Å². The molecule has 0 aliphatic carbocycles. The average Bonchev–Trinajstić information content (AvgIpc) is 3.18. The van der Waals surface area contributed by atoms with E-state index in [0.717, 1.165) is 10.8 Å². The predicted molar refractivity (Wildman–Crippen MR) is 204 cm³/mol. The van der Waals surface area contributed by atoms with E-state index < -0.39 is 17.3 Å². The van der Waals surface area contributed by atoms with Crippen molar-refractivity contribution in [1.29, 1.82) is 0 Å². The Labute approximate surface area is 318 Å². The van der Waals surface area contributed by atoms with E-state index >= 15 is 0 Å². The maximum atomic E-state index is 13.2. The van der Waals surface area contributed by atoms with Gasteiger partial charge in [0.1, 0.15) is 11.4 Å². The lowest BCUT2D eigenvalue weighted by molar-refractivity contribution is -0.432. The van der Waals surface area contributed by atoms with E-state index in [2.05, 4.69) is 55.8 Å². The number of fused-ring (bicyclic) bond motifs is 2. The molecule has 1 amide bonds. The molecule has 0 radical (unpaired) electrons. The molecule has 0 bridgehead atoms. The minimum atomic E-state index is -2.46. The van der Waals surface area contributed by atoms with E-state index in [0.29, 0.717) is 45.4 Å². The van der Waals surface area contributed by atoms with Crippen molar-refractivity contribution in [3.05, 3.63) is 90.5 Å². The van der Waals surface area contributed by atoms with Crippen molar-refractivity contribution in [3.8, 4) is 11.5 Å². The van der Waals surface area contributed by atoms with Crippen molar-refractivity contribution < 1.29 is 47.7 Å². The third-order valence-corrected chi connectivity index (χ3v) is 8.47. The Balaban J connectivity index is 1.18. The number of aliphatic hydroxyl groups excluding tert-OH is 2. The molecule has 0 aliphatic rings. The fraction of sp³-hybridized carbons (Fsp3) is 0.118. The Kier molecular flexibility index (Phi) is 12.9. The second-order valence-corrected chi connectivity index (χ2v) is 12.5. The van der Waals surface area contributed by atoms with Gasteiger partial charge in [-0.3, -0.25) is 9.35 Å². The van der Waals surface area contributed by atoms with Gasteiger partial charge in [0.2, 0.25) is 17.8 Å². The highest BCUT2D eigenvalue weighted by atomic mass is 32.2. The zero-order valence-electron chi connectivity index (χ0n) is 28.2. The number of aromatic hydroxyl groups is 1. The lowest BCUT2D eigenvalue weighted by atomic mass is 10.1. The predicted octanol–water partition coefficient (Wildman–Crippen LogP) is 6.05. The number of benzene rings is 5. The average molecular weight is 790 g/mol. The first kappa shape index (κ1) is 38.7. The monoisotopic (exact) mass is 789 g/mol. The number of carbonyl (C=O) groups excluding carboxylic acids is 1. The highest BCUT2D eigenvalue weighted by molar-refractivity contribution is 7.94. The van der Waals surface area contributed by atoms with Gasteiger partial charge >= 0.3 is 11.4 Å². The van der Waals surface area contributed by atoms with Crippen LogP contribution >= 0.6 is 12.0 Å². The molecular formula is C34H31N9O10S2. The van der Waals surface area contributed by atoms with E-state index in [-0.39, 0.29) is 66.2 Å². The first-order valence-corrected chi connectivity index (χ1v) is 17.8. The number of hydrogen-bond donors (Lipinski definition) is 9. The van der Waals surface area contributed by atoms with Crippen LogP contribution in [0.15, 0.2) is 100 Å². The number of phenols is 1.